The molecule has 2 aromatic heterocycles. The monoisotopic (exact) mass is 328 g/mol. The summed E-state index contributed by atoms with van der Waals surface area (Å²) in [7, 11) is 0. The minimum absolute atomic E-state index is 0.0592. The summed E-state index contributed by atoms with van der Waals surface area (Å²) in [5, 5.41) is 17.9. The molecule has 0 aliphatic heterocycles. The van der Waals surface area contributed by atoms with E-state index in [9.17, 15) is 9.90 Å². The fourth-order valence-electron chi connectivity index (χ4n) is 2.56. The number of carboxylic acid groups (broad SMARTS) is 1. The topological polar surface area (TPSA) is 55.1 Å². The summed E-state index contributed by atoms with van der Waals surface area (Å²) in [6, 6.07) is 13.0. The van der Waals surface area contributed by atoms with Gasteiger partial charge in [0.05, 0.1) is 11.2 Å². The van der Waals surface area contributed by atoms with Gasteiger partial charge in [-0.1, -0.05) is 29.8 Å². The van der Waals surface area contributed by atoms with E-state index < -0.39 is 5.97 Å². The van der Waals surface area contributed by atoms with Gasteiger partial charge >= 0.3 is 5.97 Å². The minimum Gasteiger partial charge on any atom is -0.476 e. The third-order valence-corrected chi connectivity index (χ3v) is 4.70. The molecule has 22 heavy (non-hydrogen) atoms. The molecule has 4 aromatic rings. The van der Waals surface area contributed by atoms with E-state index in [4.69, 9.17) is 11.6 Å². The number of nitrogens with zero attached hydrogens (tertiary/aromatic N) is 2. The third kappa shape index (κ3) is 1.90. The van der Waals surface area contributed by atoms with Gasteiger partial charge in [-0.15, -0.1) is 11.3 Å². The highest BCUT2D eigenvalue weighted by atomic mass is 35.5. The first kappa shape index (κ1) is 13.3. The number of aromatic carboxylic acids is 1. The molecule has 0 atom stereocenters. The Morgan fingerprint density at radius 2 is 2.00 bits per heavy atom. The first-order valence-electron chi connectivity index (χ1n) is 6.53. The Kier molecular flexibility index (Phi) is 2.92. The van der Waals surface area contributed by atoms with E-state index in [1.165, 1.54) is 0 Å². The highest BCUT2D eigenvalue weighted by molar-refractivity contribution is 7.17. The second-order valence-electron chi connectivity index (χ2n) is 4.84. The van der Waals surface area contributed by atoms with Crippen LogP contribution in [0.15, 0.2) is 47.8 Å². The fourth-order valence-corrected chi connectivity index (χ4v) is 3.76. The molecule has 2 aromatic carbocycles. The normalized spacial score (nSPS) is 11.3. The van der Waals surface area contributed by atoms with Crippen molar-refractivity contribution in [2.75, 3.05) is 0 Å². The Hall–Kier alpha value is -2.37. The zero-order valence-electron chi connectivity index (χ0n) is 11.2. The van der Waals surface area contributed by atoms with E-state index in [0.29, 0.717) is 10.4 Å². The molecule has 108 valence electrons. The largest absolute Gasteiger partial charge is 0.476 e. The first-order chi connectivity index (χ1) is 10.6. The van der Waals surface area contributed by atoms with Crippen LogP contribution in [0.4, 0.5) is 0 Å². The Balaban J connectivity index is 2.06. The summed E-state index contributed by atoms with van der Waals surface area (Å²) in [6.45, 7) is 0. The van der Waals surface area contributed by atoms with E-state index in [-0.39, 0.29) is 5.69 Å². The fraction of sp³-hybridized carbons (Fsp3) is 0. The van der Waals surface area contributed by atoms with Crippen molar-refractivity contribution in [2.45, 2.75) is 0 Å². The van der Waals surface area contributed by atoms with Gasteiger partial charge in [0.2, 0.25) is 0 Å². The van der Waals surface area contributed by atoms with Gasteiger partial charge in [-0.2, -0.15) is 5.10 Å². The number of benzene rings is 2. The van der Waals surface area contributed by atoms with Gasteiger partial charge in [-0.05, 0) is 24.3 Å². The maximum Gasteiger partial charge on any atom is 0.357 e. The molecule has 0 saturated carbocycles. The Bertz CT molecular complexity index is 1040. The molecule has 0 radical (unpaired) electrons. The smallest absolute Gasteiger partial charge is 0.357 e. The maximum absolute atomic E-state index is 11.4. The van der Waals surface area contributed by atoms with E-state index in [2.05, 4.69) is 5.10 Å². The summed E-state index contributed by atoms with van der Waals surface area (Å²) in [6.07, 6.45) is 0. The molecule has 0 aliphatic carbocycles. The van der Waals surface area contributed by atoms with Crippen molar-refractivity contribution in [3.05, 3.63) is 58.6 Å². The van der Waals surface area contributed by atoms with Crippen molar-refractivity contribution >= 4 is 49.9 Å². The molecule has 0 aliphatic rings. The summed E-state index contributed by atoms with van der Waals surface area (Å²) >= 11 is 7.58. The summed E-state index contributed by atoms with van der Waals surface area (Å²) in [5.74, 6) is -1.03. The Morgan fingerprint density at radius 3 is 2.82 bits per heavy atom. The van der Waals surface area contributed by atoms with Crippen molar-refractivity contribution in [3.8, 4) is 5.69 Å². The van der Waals surface area contributed by atoms with Gasteiger partial charge in [0, 0.05) is 25.9 Å². The van der Waals surface area contributed by atoms with Gasteiger partial charge in [0.25, 0.3) is 0 Å². The minimum atomic E-state index is -1.03. The van der Waals surface area contributed by atoms with Crippen molar-refractivity contribution in [3.63, 3.8) is 0 Å². The number of thiophene rings is 1. The van der Waals surface area contributed by atoms with E-state index >= 15 is 0 Å². The molecular formula is C16H9ClN2O2S. The third-order valence-electron chi connectivity index (χ3n) is 3.54. The molecule has 1 N–H and O–H groups in total. The molecule has 0 amide bonds. The van der Waals surface area contributed by atoms with Crippen LogP contribution in [-0.2, 0) is 0 Å². The van der Waals surface area contributed by atoms with Crippen molar-refractivity contribution in [1.82, 2.24) is 9.78 Å². The van der Waals surface area contributed by atoms with Crippen LogP contribution in [0.3, 0.4) is 0 Å². The lowest BCUT2D eigenvalue weighted by Crippen LogP contribution is -2.00. The lowest BCUT2D eigenvalue weighted by atomic mass is 10.2. The SMILES string of the molecule is O=C(O)c1nn(-c2csc3cc(Cl)ccc23)c2ccccc12. The summed E-state index contributed by atoms with van der Waals surface area (Å²) in [5.41, 5.74) is 1.69. The Morgan fingerprint density at radius 1 is 1.18 bits per heavy atom. The van der Waals surface area contributed by atoms with Gasteiger partial charge < -0.3 is 5.11 Å². The number of hydrogen-bond donors (Lipinski definition) is 1. The van der Waals surface area contributed by atoms with E-state index in [1.54, 1.807) is 22.1 Å². The first-order valence-corrected chi connectivity index (χ1v) is 7.79. The van der Waals surface area contributed by atoms with Gasteiger partial charge in [-0.3, -0.25) is 0 Å². The van der Waals surface area contributed by atoms with Crippen LogP contribution < -0.4 is 0 Å². The van der Waals surface area contributed by atoms with Crippen LogP contribution in [-0.4, -0.2) is 20.9 Å². The number of aromatic nitrogens is 2. The molecule has 2 heterocycles. The van der Waals surface area contributed by atoms with Crippen LogP contribution in [0.2, 0.25) is 5.02 Å². The molecule has 6 heteroatoms. The average molecular weight is 329 g/mol. The quantitative estimate of drug-likeness (QED) is 0.585. The number of carbonyl (C=O) groups is 1. The number of halogens is 1. The molecule has 0 bridgehead atoms. The van der Waals surface area contributed by atoms with Crippen molar-refractivity contribution in [2.24, 2.45) is 0 Å². The lowest BCUT2D eigenvalue weighted by molar-refractivity contribution is 0.0692. The number of para-hydroxylation sites is 1. The second kappa shape index (κ2) is 4.83. The lowest BCUT2D eigenvalue weighted by Gasteiger charge is -2.01. The Labute approximate surface area is 134 Å². The molecular weight excluding hydrogens is 320 g/mol. The number of rotatable bonds is 2. The van der Waals surface area contributed by atoms with E-state index in [0.717, 1.165) is 21.3 Å². The number of fused-ring (bicyclic) bond motifs is 2. The maximum atomic E-state index is 11.4. The van der Waals surface area contributed by atoms with Gasteiger partial charge in [0.15, 0.2) is 5.69 Å². The molecule has 4 nitrogen and oxygen atoms in total. The highest BCUT2D eigenvalue weighted by Gasteiger charge is 2.18. The number of hydrogen-bond acceptors (Lipinski definition) is 3. The second-order valence-corrected chi connectivity index (χ2v) is 6.19. The van der Waals surface area contributed by atoms with Crippen molar-refractivity contribution in [1.29, 1.82) is 0 Å². The number of carboxylic acids is 1. The molecule has 4 rings (SSSR count). The highest BCUT2D eigenvalue weighted by Crippen LogP contribution is 2.33. The van der Waals surface area contributed by atoms with Crippen LogP contribution in [0.5, 0.6) is 0 Å². The molecule has 0 unspecified atom stereocenters. The van der Waals surface area contributed by atoms with Crippen LogP contribution in [0, 0.1) is 0 Å². The van der Waals surface area contributed by atoms with Gasteiger partial charge in [0.1, 0.15) is 0 Å². The van der Waals surface area contributed by atoms with Crippen LogP contribution in [0.1, 0.15) is 10.5 Å². The standard InChI is InChI=1S/C16H9ClN2O2S/c17-9-5-6-10-13(8-22-14(10)7-9)19-12-4-2-1-3-11(12)15(18-19)16(20)21/h1-8H,(H,20,21). The molecule has 0 spiro atoms. The zero-order chi connectivity index (χ0) is 15.3. The van der Waals surface area contributed by atoms with Crippen LogP contribution >= 0.6 is 22.9 Å². The summed E-state index contributed by atoms with van der Waals surface area (Å²) in [4.78, 5) is 11.4. The average Bonchev–Trinajstić information content (AvgIpc) is 3.07. The van der Waals surface area contributed by atoms with Gasteiger partial charge in [-0.25, -0.2) is 9.48 Å². The summed E-state index contributed by atoms with van der Waals surface area (Å²) < 4.78 is 2.73. The van der Waals surface area contributed by atoms with Crippen LogP contribution in [0.25, 0.3) is 26.7 Å². The van der Waals surface area contributed by atoms with Crippen molar-refractivity contribution < 1.29 is 9.90 Å². The predicted octanol–water partition coefficient (Wildman–Crippen LogP) is 4.59. The van der Waals surface area contributed by atoms with E-state index in [1.807, 2.05) is 41.8 Å². The predicted molar refractivity (Wildman–Crippen MR) is 88.4 cm³/mol. The molecule has 0 saturated heterocycles. The zero-order valence-corrected chi connectivity index (χ0v) is 12.7. The molecule has 0 fully saturated rings.